The van der Waals surface area contributed by atoms with Crippen molar-refractivity contribution < 1.29 is 9.50 Å². The van der Waals surface area contributed by atoms with Crippen LogP contribution < -0.4 is 0 Å². The van der Waals surface area contributed by atoms with Crippen molar-refractivity contribution in [3.05, 3.63) is 70.0 Å². The Morgan fingerprint density at radius 3 is 2.30 bits per heavy atom. The van der Waals surface area contributed by atoms with Gasteiger partial charge in [-0.05, 0) is 68.0 Å². The lowest BCUT2D eigenvalue weighted by atomic mass is 9.95. The van der Waals surface area contributed by atoms with E-state index in [4.69, 9.17) is 0 Å². The molecule has 0 aromatic heterocycles. The summed E-state index contributed by atoms with van der Waals surface area (Å²) in [6, 6.07) is 11.0. The monoisotopic (exact) mass is 272 g/mol. The van der Waals surface area contributed by atoms with Gasteiger partial charge in [0.1, 0.15) is 5.82 Å². The molecule has 1 atom stereocenters. The van der Waals surface area contributed by atoms with Gasteiger partial charge in [0.25, 0.3) is 0 Å². The van der Waals surface area contributed by atoms with Gasteiger partial charge in [-0.1, -0.05) is 29.8 Å². The molecule has 0 heterocycles. The summed E-state index contributed by atoms with van der Waals surface area (Å²) in [4.78, 5) is 0. The predicted molar refractivity (Wildman–Crippen MR) is 80.5 cm³/mol. The third-order valence-corrected chi connectivity index (χ3v) is 3.72. The summed E-state index contributed by atoms with van der Waals surface area (Å²) < 4.78 is 13.1. The zero-order valence-electron chi connectivity index (χ0n) is 12.3. The lowest BCUT2D eigenvalue weighted by Crippen LogP contribution is -2.15. The summed E-state index contributed by atoms with van der Waals surface area (Å²) in [6.07, 6.45) is 0.740. The minimum atomic E-state index is -0.445. The number of halogens is 1. The highest BCUT2D eigenvalue weighted by molar-refractivity contribution is 5.32. The number of aliphatic hydroxyl groups excluding tert-OH is 1. The van der Waals surface area contributed by atoms with Crippen molar-refractivity contribution in [3.63, 3.8) is 0 Å². The second-order valence-electron chi connectivity index (χ2n) is 5.56. The van der Waals surface area contributed by atoms with Gasteiger partial charge >= 0.3 is 0 Å². The third kappa shape index (κ3) is 3.67. The first-order valence-electron chi connectivity index (χ1n) is 6.95. The molecule has 106 valence electrons. The zero-order chi connectivity index (χ0) is 14.7. The highest BCUT2D eigenvalue weighted by atomic mass is 19.1. The molecule has 2 heteroatoms. The van der Waals surface area contributed by atoms with Crippen LogP contribution in [0.15, 0.2) is 36.4 Å². The summed E-state index contributed by atoms with van der Waals surface area (Å²) in [6.45, 7) is 5.99. The summed E-state index contributed by atoms with van der Waals surface area (Å²) in [5, 5.41) is 10.3. The van der Waals surface area contributed by atoms with E-state index >= 15 is 0 Å². The van der Waals surface area contributed by atoms with Crippen LogP contribution in [0, 0.1) is 26.6 Å². The van der Waals surface area contributed by atoms with Gasteiger partial charge in [0.15, 0.2) is 0 Å². The lowest BCUT2D eigenvalue weighted by Gasteiger charge is -2.15. The van der Waals surface area contributed by atoms with Crippen molar-refractivity contribution in [2.45, 2.75) is 39.7 Å². The third-order valence-electron chi connectivity index (χ3n) is 3.72. The second kappa shape index (κ2) is 6.19. The molecule has 2 aromatic rings. The van der Waals surface area contributed by atoms with Gasteiger partial charge < -0.3 is 5.11 Å². The van der Waals surface area contributed by atoms with Crippen LogP contribution in [0.2, 0.25) is 0 Å². The van der Waals surface area contributed by atoms with Crippen molar-refractivity contribution in [3.8, 4) is 0 Å². The zero-order valence-corrected chi connectivity index (χ0v) is 12.3. The summed E-state index contributed by atoms with van der Waals surface area (Å²) in [5.74, 6) is -0.227. The van der Waals surface area contributed by atoms with Gasteiger partial charge in [-0.3, -0.25) is 0 Å². The molecule has 0 fully saturated rings. The maximum Gasteiger partial charge on any atom is 0.123 e. The SMILES string of the molecule is Cc1ccc(C)c(CC(O)Cc2ccc(F)cc2C)c1. The Bertz CT molecular complexity index is 604. The summed E-state index contributed by atoms with van der Waals surface area (Å²) in [7, 11) is 0. The highest BCUT2D eigenvalue weighted by Gasteiger charge is 2.11. The van der Waals surface area contributed by atoms with Crippen LogP contribution in [0.5, 0.6) is 0 Å². The van der Waals surface area contributed by atoms with Crippen molar-refractivity contribution in [2.75, 3.05) is 0 Å². The number of benzene rings is 2. The topological polar surface area (TPSA) is 20.2 Å². The molecule has 1 unspecified atom stereocenters. The maximum atomic E-state index is 13.1. The van der Waals surface area contributed by atoms with E-state index in [9.17, 15) is 9.50 Å². The van der Waals surface area contributed by atoms with Gasteiger partial charge in [-0.15, -0.1) is 0 Å². The van der Waals surface area contributed by atoms with Crippen LogP contribution in [-0.4, -0.2) is 11.2 Å². The molecular weight excluding hydrogens is 251 g/mol. The van der Waals surface area contributed by atoms with E-state index < -0.39 is 6.10 Å². The Balaban J connectivity index is 2.08. The Hall–Kier alpha value is -1.67. The fraction of sp³-hybridized carbons (Fsp3) is 0.333. The molecule has 0 bridgehead atoms. The van der Waals surface area contributed by atoms with Crippen molar-refractivity contribution >= 4 is 0 Å². The van der Waals surface area contributed by atoms with Crippen LogP contribution in [0.4, 0.5) is 4.39 Å². The molecule has 0 saturated carbocycles. The number of rotatable bonds is 4. The molecule has 0 aliphatic carbocycles. The van der Waals surface area contributed by atoms with E-state index in [1.54, 1.807) is 6.07 Å². The van der Waals surface area contributed by atoms with Crippen LogP contribution >= 0.6 is 0 Å². The molecule has 0 spiro atoms. The number of hydrogen-bond acceptors (Lipinski definition) is 1. The summed E-state index contributed by atoms with van der Waals surface area (Å²) in [5.41, 5.74) is 5.48. The minimum Gasteiger partial charge on any atom is -0.392 e. The van der Waals surface area contributed by atoms with E-state index in [2.05, 4.69) is 32.0 Å². The lowest BCUT2D eigenvalue weighted by molar-refractivity contribution is 0.175. The Morgan fingerprint density at radius 2 is 1.60 bits per heavy atom. The van der Waals surface area contributed by atoms with Gasteiger partial charge in [-0.25, -0.2) is 4.39 Å². The molecule has 1 N–H and O–H groups in total. The predicted octanol–water partition coefficient (Wildman–Crippen LogP) is 3.90. The fourth-order valence-corrected chi connectivity index (χ4v) is 2.49. The summed E-state index contributed by atoms with van der Waals surface area (Å²) >= 11 is 0. The van der Waals surface area contributed by atoms with E-state index in [1.807, 2.05) is 6.92 Å². The average Bonchev–Trinajstić information content (AvgIpc) is 2.37. The fourth-order valence-electron chi connectivity index (χ4n) is 2.49. The molecule has 0 aliphatic heterocycles. The van der Waals surface area contributed by atoms with E-state index in [0.717, 1.165) is 11.1 Å². The first kappa shape index (κ1) is 14.7. The molecule has 0 amide bonds. The largest absolute Gasteiger partial charge is 0.392 e. The number of hydrogen-bond donors (Lipinski definition) is 1. The van der Waals surface area contributed by atoms with Gasteiger partial charge in [-0.2, -0.15) is 0 Å². The molecular formula is C18H21FO. The van der Waals surface area contributed by atoms with Crippen molar-refractivity contribution in [1.29, 1.82) is 0 Å². The van der Waals surface area contributed by atoms with Gasteiger partial charge in [0.2, 0.25) is 0 Å². The molecule has 20 heavy (non-hydrogen) atoms. The van der Waals surface area contributed by atoms with E-state index in [0.29, 0.717) is 12.8 Å². The first-order chi connectivity index (χ1) is 9.45. The Morgan fingerprint density at radius 1 is 0.900 bits per heavy atom. The number of aryl methyl sites for hydroxylation is 3. The van der Waals surface area contributed by atoms with Crippen LogP contribution in [0.3, 0.4) is 0 Å². The molecule has 2 rings (SSSR count). The Kier molecular flexibility index (Phi) is 4.56. The van der Waals surface area contributed by atoms with Crippen molar-refractivity contribution in [1.82, 2.24) is 0 Å². The second-order valence-corrected chi connectivity index (χ2v) is 5.56. The normalized spacial score (nSPS) is 12.4. The number of aliphatic hydroxyl groups is 1. The molecule has 0 saturated heterocycles. The van der Waals surface area contributed by atoms with Crippen LogP contribution in [0.1, 0.15) is 27.8 Å². The smallest absolute Gasteiger partial charge is 0.123 e. The minimum absolute atomic E-state index is 0.227. The molecule has 0 aliphatic rings. The van der Waals surface area contributed by atoms with Crippen LogP contribution in [-0.2, 0) is 12.8 Å². The quantitative estimate of drug-likeness (QED) is 0.895. The standard InChI is InChI=1S/C18H21FO/c1-12-4-5-13(2)16(8-12)11-18(20)10-15-6-7-17(19)9-14(15)3/h4-9,18,20H,10-11H2,1-3H3. The van der Waals surface area contributed by atoms with E-state index in [1.165, 1.54) is 28.8 Å². The van der Waals surface area contributed by atoms with Gasteiger partial charge in [0, 0.05) is 0 Å². The molecule has 1 nitrogen and oxygen atoms in total. The first-order valence-corrected chi connectivity index (χ1v) is 6.95. The van der Waals surface area contributed by atoms with Gasteiger partial charge in [0.05, 0.1) is 6.10 Å². The Labute approximate surface area is 120 Å². The molecule has 0 radical (unpaired) electrons. The van der Waals surface area contributed by atoms with Crippen LogP contribution in [0.25, 0.3) is 0 Å². The van der Waals surface area contributed by atoms with Crippen molar-refractivity contribution in [2.24, 2.45) is 0 Å². The molecule has 2 aromatic carbocycles. The maximum absolute atomic E-state index is 13.1. The average molecular weight is 272 g/mol. The van der Waals surface area contributed by atoms with E-state index in [-0.39, 0.29) is 5.82 Å². The highest BCUT2D eigenvalue weighted by Crippen LogP contribution is 2.17.